The average molecular weight is 298 g/mol. The molecule has 1 aromatic heterocycles. The standard InChI is InChI=1S/C12H12ClN3O2S/c13-7-1-2-9-11(15-5-19-9)10(7)16-12(17)6-3-18-4-8(6)14/h1-2,5-6,8H,3-4,14H2,(H,16,17). The molecule has 2 atom stereocenters. The molecule has 1 aliphatic rings. The molecule has 0 spiro atoms. The third-order valence-electron chi connectivity index (χ3n) is 3.16. The van der Waals surface area contributed by atoms with Crippen LogP contribution in [0.2, 0.25) is 5.02 Å². The fourth-order valence-electron chi connectivity index (χ4n) is 2.08. The van der Waals surface area contributed by atoms with Gasteiger partial charge in [0.05, 0.1) is 40.1 Å². The highest BCUT2D eigenvalue weighted by molar-refractivity contribution is 7.16. The Labute approximate surface area is 118 Å². The molecular formula is C12H12ClN3O2S. The lowest BCUT2D eigenvalue weighted by molar-refractivity contribution is -0.120. The zero-order chi connectivity index (χ0) is 13.4. The summed E-state index contributed by atoms with van der Waals surface area (Å²) < 4.78 is 6.18. The van der Waals surface area contributed by atoms with Gasteiger partial charge in [0.15, 0.2) is 0 Å². The lowest BCUT2D eigenvalue weighted by atomic mass is 10.0. The zero-order valence-corrected chi connectivity index (χ0v) is 11.5. The summed E-state index contributed by atoms with van der Waals surface area (Å²) in [6.45, 7) is 0.754. The molecule has 2 aromatic rings. The van der Waals surface area contributed by atoms with Gasteiger partial charge in [-0.2, -0.15) is 0 Å². The number of halogens is 1. The molecule has 1 aliphatic heterocycles. The topological polar surface area (TPSA) is 77.2 Å². The van der Waals surface area contributed by atoms with E-state index >= 15 is 0 Å². The number of carbonyl (C=O) groups excluding carboxylic acids is 1. The molecule has 3 rings (SSSR count). The lowest BCUT2D eigenvalue weighted by Crippen LogP contribution is -2.37. The molecule has 2 unspecified atom stereocenters. The summed E-state index contributed by atoms with van der Waals surface area (Å²) >= 11 is 7.63. The molecule has 1 aromatic carbocycles. The number of thiazole rings is 1. The van der Waals surface area contributed by atoms with Crippen molar-refractivity contribution in [2.24, 2.45) is 11.7 Å². The van der Waals surface area contributed by atoms with Crippen molar-refractivity contribution in [2.75, 3.05) is 18.5 Å². The molecule has 1 amide bonds. The number of benzene rings is 1. The molecule has 5 nitrogen and oxygen atoms in total. The van der Waals surface area contributed by atoms with Crippen molar-refractivity contribution in [1.82, 2.24) is 4.98 Å². The molecule has 0 saturated carbocycles. The van der Waals surface area contributed by atoms with E-state index < -0.39 is 0 Å². The normalized spacial score (nSPS) is 22.8. The fraction of sp³-hybridized carbons (Fsp3) is 0.333. The van der Waals surface area contributed by atoms with Crippen LogP contribution in [0.4, 0.5) is 5.69 Å². The van der Waals surface area contributed by atoms with Crippen LogP contribution in [0.15, 0.2) is 17.6 Å². The van der Waals surface area contributed by atoms with E-state index in [9.17, 15) is 4.79 Å². The number of nitrogens with one attached hydrogen (secondary N) is 1. The van der Waals surface area contributed by atoms with Crippen LogP contribution < -0.4 is 11.1 Å². The Morgan fingerprint density at radius 1 is 1.53 bits per heavy atom. The van der Waals surface area contributed by atoms with Gasteiger partial charge in [0.25, 0.3) is 0 Å². The molecule has 1 saturated heterocycles. The van der Waals surface area contributed by atoms with Crippen LogP contribution >= 0.6 is 22.9 Å². The number of hydrogen-bond acceptors (Lipinski definition) is 5. The Balaban J connectivity index is 1.90. The Morgan fingerprint density at radius 2 is 2.37 bits per heavy atom. The maximum Gasteiger partial charge on any atom is 0.231 e. The minimum atomic E-state index is -0.343. The van der Waals surface area contributed by atoms with E-state index in [0.29, 0.717) is 29.4 Å². The maximum atomic E-state index is 12.2. The van der Waals surface area contributed by atoms with Crippen LogP contribution in [0.25, 0.3) is 10.2 Å². The predicted octanol–water partition coefficient (Wildman–Crippen LogP) is 1.86. The van der Waals surface area contributed by atoms with Gasteiger partial charge in [0.2, 0.25) is 5.91 Å². The van der Waals surface area contributed by atoms with Gasteiger partial charge in [-0.1, -0.05) is 11.6 Å². The van der Waals surface area contributed by atoms with E-state index in [2.05, 4.69) is 10.3 Å². The first-order valence-electron chi connectivity index (χ1n) is 5.82. The monoisotopic (exact) mass is 297 g/mol. The quantitative estimate of drug-likeness (QED) is 0.887. The zero-order valence-electron chi connectivity index (χ0n) is 9.93. The minimum absolute atomic E-state index is 0.174. The average Bonchev–Trinajstić information content (AvgIpc) is 3.01. The molecule has 1 fully saturated rings. The number of aromatic nitrogens is 1. The van der Waals surface area contributed by atoms with Gasteiger partial charge < -0.3 is 15.8 Å². The number of hydrogen-bond donors (Lipinski definition) is 2. The van der Waals surface area contributed by atoms with Gasteiger partial charge in [-0.25, -0.2) is 4.98 Å². The molecule has 7 heteroatoms. The Hall–Kier alpha value is -1.21. The van der Waals surface area contributed by atoms with E-state index in [1.807, 2.05) is 6.07 Å². The van der Waals surface area contributed by atoms with Crippen molar-refractivity contribution < 1.29 is 9.53 Å². The first-order valence-corrected chi connectivity index (χ1v) is 7.08. The number of ether oxygens (including phenoxy) is 1. The summed E-state index contributed by atoms with van der Waals surface area (Å²) in [5.41, 5.74) is 8.81. The molecule has 19 heavy (non-hydrogen) atoms. The van der Waals surface area contributed by atoms with Crippen LogP contribution in [0.5, 0.6) is 0 Å². The SMILES string of the molecule is NC1COCC1C(=O)Nc1c(Cl)ccc2scnc12. The van der Waals surface area contributed by atoms with Crippen molar-refractivity contribution in [1.29, 1.82) is 0 Å². The third-order valence-corrected chi connectivity index (χ3v) is 4.27. The molecular weight excluding hydrogens is 286 g/mol. The molecule has 0 bridgehead atoms. The highest BCUT2D eigenvalue weighted by Gasteiger charge is 2.32. The lowest BCUT2D eigenvalue weighted by Gasteiger charge is -2.14. The molecule has 0 aliphatic carbocycles. The Morgan fingerprint density at radius 3 is 3.11 bits per heavy atom. The molecule has 0 radical (unpaired) electrons. The Bertz CT molecular complexity index is 630. The minimum Gasteiger partial charge on any atom is -0.379 e. The third kappa shape index (κ3) is 2.32. The highest BCUT2D eigenvalue weighted by atomic mass is 35.5. The second kappa shape index (κ2) is 5.05. The van der Waals surface area contributed by atoms with E-state index in [0.717, 1.165) is 4.70 Å². The number of nitrogens with two attached hydrogens (primary N) is 1. The first kappa shape index (κ1) is 12.8. The van der Waals surface area contributed by atoms with Crippen LogP contribution in [-0.2, 0) is 9.53 Å². The second-order valence-electron chi connectivity index (χ2n) is 4.42. The van der Waals surface area contributed by atoms with Crippen molar-refractivity contribution in [3.8, 4) is 0 Å². The van der Waals surface area contributed by atoms with Crippen molar-refractivity contribution in [3.05, 3.63) is 22.7 Å². The van der Waals surface area contributed by atoms with Gasteiger partial charge >= 0.3 is 0 Å². The van der Waals surface area contributed by atoms with Gasteiger partial charge in [-0.15, -0.1) is 11.3 Å². The van der Waals surface area contributed by atoms with Gasteiger partial charge in [-0.05, 0) is 12.1 Å². The second-order valence-corrected chi connectivity index (χ2v) is 5.71. The van der Waals surface area contributed by atoms with E-state index in [1.165, 1.54) is 11.3 Å². The molecule has 2 heterocycles. The number of fused-ring (bicyclic) bond motifs is 1. The summed E-state index contributed by atoms with van der Waals surface area (Å²) in [4.78, 5) is 16.4. The number of carbonyl (C=O) groups is 1. The van der Waals surface area contributed by atoms with Crippen LogP contribution in [0, 0.1) is 5.92 Å². The maximum absolute atomic E-state index is 12.2. The molecule has 100 valence electrons. The van der Waals surface area contributed by atoms with Crippen LogP contribution in [0.1, 0.15) is 0 Å². The van der Waals surface area contributed by atoms with Gasteiger partial charge in [0.1, 0.15) is 5.52 Å². The van der Waals surface area contributed by atoms with E-state index in [-0.39, 0.29) is 17.9 Å². The number of anilines is 1. The summed E-state index contributed by atoms with van der Waals surface area (Å²) in [7, 11) is 0. The van der Waals surface area contributed by atoms with E-state index in [1.54, 1.807) is 11.6 Å². The van der Waals surface area contributed by atoms with Crippen LogP contribution in [0.3, 0.4) is 0 Å². The van der Waals surface area contributed by atoms with Crippen molar-refractivity contribution in [3.63, 3.8) is 0 Å². The smallest absolute Gasteiger partial charge is 0.231 e. The summed E-state index contributed by atoms with van der Waals surface area (Å²) in [6.07, 6.45) is 0. The van der Waals surface area contributed by atoms with Crippen molar-refractivity contribution >= 4 is 44.7 Å². The summed E-state index contributed by atoms with van der Waals surface area (Å²) in [5.74, 6) is -0.516. The number of amides is 1. The number of rotatable bonds is 2. The first-order chi connectivity index (χ1) is 9.16. The van der Waals surface area contributed by atoms with Crippen molar-refractivity contribution in [2.45, 2.75) is 6.04 Å². The van der Waals surface area contributed by atoms with Crippen LogP contribution in [-0.4, -0.2) is 30.1 Å². The fourth-order valence-corrected chi connectivity index (χ4v) is 2.97. The summed E-state index contributed by atoms with van der Waals surface area (Å²) in [5, 5.41) is 3.30. The van der Waals surface area contributed by atoms with E-state index in [4.69, 9.17) is 22.1 Å². The number of nitrogens with zero attached hydrogens (tertiary/aromatic N) is 1. The highest BCUT2D eigenvalue weighted by Crippen LogP contribution is 2.32. The largest absolute Gasteiger partial charge is 0.379 e. The van der Waals surface area contributed by atoms with Gasteiger partial charge in [-0.3, -0.25) is 4.79 Å². The molecule has 3 N–H and O–H groups in total. The summed E-state index contributed by atoms with van der Waals surface area (Å²) in [6, 6.07) is 3.37. The Kier molecular flexibility index (Phi) is 3.40. The van der Waals surface area contributed by atoms with Gasteiger partial charge in [0, 0.05) is 6.04 Å². The predicted molar refractivity (Wildman–Crippen MR) is 75.5 cm³/mol.